The number of benzene rings is 4. The average molecular weight is 656 g/mol. The number of carbonyl (C=O) groups is 2. The monoisotopic (exact) mass is 655 g/mol. The number of hydrogen-bond donors (Lipinski definition) is 1. The van der Waals surface area contributed by atoms with E-state index in [1.807, 2.05) is 75.4 Å². The highest BCUT2D eigenvalue weighted by Gasteiger charge is 2.35. The van der Waals surface area contributed by atoms with Gasteiger partial charge in [-0.05, 0) is 55.7 Å². The van der Waals surface area contributed by atoms with Gasteiger partial charge in [0.05, 0.1) is 10.6 Å². The van der Waals surface area contributed by atoms with Gasteiger partial charge < -0.3 is 19.7 Å². The summed E-state index contributed by atoms with van der Waals surface area (Å²) in [6.45, 7) is 6.12. The largest absolute Gasteiger partial charge is 0.486 e. The second kappa shape index (κ2) is 15.2. The van der Waals surface area contributed by atoms with E-state index in [0.717, 1.165) is 21.0 Å². The lowest BCUT2D eigenvalue weighted by Crippen LogP contribution is -2.54. The van der Waals surface area contributed by atoms with Crippen LogP contribution in [0.15, 0.2) is 108 Å². The van der Waals surface area contributed by atoms with E-state index in [1.54, 1.807) is 36.4 Å². The molecule has 1 aliphatic heterocycles. The van der Waals surface area contributed by atoms with Crippen LogP contribution in [-0.2, 0) is 32.6 Å². The van der Waals surface area contributed by atoms with E-state index in [1.165, 1.54) is 17.0 Å². The van der Waals surface area contributed by atoms with Crippen LogP contribution < -0.4 is 19.1 Å². The minimum atomic E-state index is -4.23. The van der Waals surface area contributed by atoms with Crippen molar-refractivity contribution in [2.75, 3.05) is 24.1 Å². The molecule has 246 valence electrons. The summed E-state index contributed by atoms with van der Waals surface area (Å²) in [5.74, 6) is 0.0514. The topological polar surface area (TPSA) is 105 Å². The Labute approximate surface area is 277 Å². The highest BCUT2D eigenvalue weighted by Crippen LogP contribution is 2.36. The zero-order valence-electron chi connectivity index (χ0n) is 27.0. The van der Waals surface area contributed by atoms with Crippen molar-refractivity contribution in [2.45, 2.75) is 57.1 Å². The van der Waals surface area contributed by atoms with E-state index in [9.17, 15) is 18.0 Å². The molecule has 0 aromatic heterocycles. The van der Waals surface area contributed by atoms with Gasteiger partial charge in [-0.25, -0.2) is 8.42 Å². The normalized spacial score (nSPS) is 13.7. The average Bonchev–Trinajstić information content (AvgIpc) is 3.09. The molecular weight excluding hydrogens is 614 g/mol. The second-order valence-electron chi connectivity index (χ2n) is 11.7. The van der Waals surface area contributed by atoms with Gasteiger partial charge in [0, 0.05) is 25.1 Å². The highest BCUT2D eigenvalue weighted by molar-refractivity contribution is 7.92. The molecule has 0 bridgehead atoms. The van der Waals surface area contributed by atoms with Crippen LogP contribution in [0, 0.1) is 6.92 Å². The number of sulfonamides is 1. The van der Waals surface area contributed by atoms with E-state index in [-0.39, 0.29) is 35.5 Å². The van der Waals surface area contributed by atoms with E-state index < -0.39 is 28.5 Å². The van der Waals surface area contributed by atoms with E-state index in [2.05, 4.69) is 5.32 Å². The van der Waals surface area contributed by atoms with E-state index in [4.69, 9.17) is 9.47 Å². The fourth-order valence-electron chi connectivity index (χ4n) is 5.32. The molecule has 1 N–H and O–H groups in total. The maximum absolute atomic E-state index is 14.6. The Hall–Kier alpha value is -4.83. The quantitative estimate of drug-likeness (QED) is 0.204. The number of ether oxygens (including phenoxy) is 2. The lowest BCUT2D eigenvalue weighted by Gasteiger charge is -2.34. The van der Waals surface area contributed by atoms with Crippen LogP contribution in [0.1, 0.15) is 37.0 Å². The van der Waals surface area contributed by atoms with Crippen molar-refractivity contribution in [1.82, 2.24) is 10.2 Å². The summed E-state index contributed by atoms with van der Waals surface area (Å²) in [4.78, 5) is 30.1. The van der Waals surface area contributed by atoms with Gasteiger partial charge in [0.2, 0.25) is 11.8 Å². The predicted octanol–water partition coefficient (Wildman–Crippen LogP) is 5.52. The molecule has 4 aromatic rings. The van der Waals surface area contributed by atoms with Gasteiger partial charge in [-0.1, -0.05) is 85.3 Å². The Morgan fingerprint density at radius 2 is 1.47 bits per heavy atom. The third-order valence-electron chi connectivity index (χ3n) is 8.17. The summed E-state index contributed by atoms with van der Waals surface area (Å²) >= 11 is 0. The van der Waals surface area contributed by atoms with Gasteiger partial charge >= 0.3 is 0 Å². The first-order chi connectivity index (χ1) is 22.7. The van der Waals surface area contributed by atoms with Crippen LogP contribution in [0.25, 0.3) is 0 Å². The standard InChI is InChI=1S/C37H41N3O6S/c1-4-28(3)38-37(42)33(23-29-11-7-5-8-12-29)39(25-30-17-15-27(2)16-18-30)36(41)26-40(47(43,44)32-13-9-6-10-14-32)31-19-20-34-35(24-31)46-22-21-45-34/h5-20,24,28,33H,4,21-23,25-26H2,1-3H3,(H,38,42)/t28-,33+/m1/s1. The summed E-state index contributed by atoms with van der Waals surface area (Å²) in [5, 5.41) is 3.06. The van der Waals surface area contributed by atoms with Gasteiger partial charge in [-0.15, -0.1) is 0 Å². The smallest absolute Gasteiger partial charge is 0.264 e. The molecule has 9 nitrogen and oxygen atoms in total. The molecule has 0 unspecified atom stereocenters. The number of anilines is 1. The van der Waals surface area contributed by atoms with Crippen molar-refractivity contribution in [3.8, 4) is 11.5 Å². The number of amides is 2. The molecule has 10 heteroatoms. The molecule has 0 saturated carbocycles. The zero-order chi connectivity index (χ0) is 33.4. The first-order valence-corrected chi connectivity index (χ1v) is 17.3. The van der Waals surface area contributed by atoms with Crippen LogP contribution in [-0.4, -0.2) is 57.0 Å². The molecule has 0 aliphatic carbocycles. The fraction of sp³-hybridized carbons (Fsp3) is 0.297. The number of nitrogens with one attached hydrogen (secondary N) is 1. The third-order valence-corrected chi connectivity index (χ3v) is 9.96. The molecule has 1 heterocycles. The molecule has 0 radical (unpaired) electrons. The predicted molar refractivity (Wildman–Crippen MR) is 182 cm³/mol. The summed E-state index contributed by atoms with van der Waals surface area (Å²) in [6.07, 6.45) is 0.957. The van der Waals surface area contributed by atoms with Crippen LogP contribution >= 0.6 is 0 Å². The SMILES string of the molecule is CC[C@@H](C)NC(=O)[C@H](Cc1ccccc1)N(Cc1ccc(C)cc1)C(=O)CN(c1ccc2c(c1)OCCO2)S(=O)(=O)c1ccccc1. The lowest BCUT2D eigenvalue weighted by molar-refractivity contribution is -0.140. The van der Waals surface area contributed by atoms with Gasteiger partial charge in [-0.3, -0.25) is 13.9 Å². The van der Waals surface area contributed by atoms with Crippen LogP contribution in [0.4, 0.5) is 5.69 Å². The van der Waals surface area contributed by atoms with E-state index >= 15 is 0 Å². The maximum atomic E-state index is 14.6. The zero-order valence-corrected chi connectivity index (χ0v) is 27.8. The number of hydrogen-bond acceptors (Lipinski definition) is 6. The summed E-state index contributed by atoms with van der Waals surface area (Å²) in [7, 11) is -4.23. The van der Waals surface area contributed by atoms with Gasteiger partial charge in [0.15, 0.2) is 11.5 Å². The van der Waals surface area contributed by atoms with Crippen molar-refractivity contribution in [2.24, 2.45) is 0 Å². The van der Waals surface area contributed by atoms with Crippen LogP contribution in [0.5, 0.6) is 11.5 Å². The molecule has 2 atom stereocenters. The summed E-state index contributed by atoms with van der Waals surface area (Å²) in [6, 6.07) is 29.0. The Kier molecular flexibility index (Phi) is 10.8. The third kappa shape index (κ3) is 8.31. The molecule has 0 fully saturated rings. The molecule has 0 saturated heterocycles. The van der Waals surface area contributed by atoms with Crippen molar-refractivity contribution in [3.63, 3.8) is 0 Å². The fourth-order valence-corrected chi connectivity index (χ4v) is 6.75. The second-order valence-corrected chi connectivity index (χ2v) is 13.5. The Morgan fingerprint density at radius 1 is 0.830 bits per heavy atom. The first kappa shape index (κ1) is 33.5. The van der Waals surface area contributed by atoms with Crippen LogP contribution in [0.2, 0.25) is 0 Å². The number of nitrogens with zero attached hydrogens (tertiary/aromatic N) is 2. The number of rotatable bonds is 13. The minimum Gasteiger partial charge on any atom is -0.486 e. The molecule has 5 rings (SSSR count). The van der Waals surface area contributed by atoms with Crippen molar-refractivity contribution >= 4 is 27.5 Å². The van der Waals surface area contributed by atoms with Gasteiger partial charge in [0.25, 0.3) is 10.0 Å². The molecule has 0 spiro atoms. The van der Waals surface area contributed by atoms with Crippen molar-refractivity contribution < 1.29 is 27.5 Å². The number of carbonyl (C=O) groups excluding carboxylic acids is 2. The Morgan fingerprint density at radius 3 is 2.13 bits per heavy atom. The number of fused-ring (bicyclic) bond motifs is 1. The maximum Gasteiger partial charge on any atom is 0.264 e. The first-order valence-electron chi connectivity index (χ1n) is 15.8. The van der Waals surface area contributed by atoms with Gasteiger partial charge in [0.1, 0.15) is 25.8 Å². The van der Waals surface area contributed by atoms with Crippen LogP contribution in [0.3, 0.4) is 0 Å². The molecule has 1 aliphatic rings. The van der Waals surface area contributed by atoms with Crippen molar-refractivity contribution in [1.29, 1.82) is 0 Å². The summed E-state index contributed by atoms with van der Waals surface area (Å²) in [5.41, 5.74) is 2.99. The van der Waals surface area contributed by atoms with Crippen molar-refractivity contribution in [3.05, 3.63) is 120 Å². The Balaban J connectivity index is 1.58. The lowest BCUT2D eigenvalue weighted by atomic mass is 10.0. The highest BCUT2D eigenvalue weighted by atomic mass is 32.2. The Bertz CT molecular complexity index is 1770. The molecule has 2 amide bonds. The molecule has 47 heavy (non-hydrogen) atoms. The van der Waals surface area contributed by atoms with E-state index in [0.29, 0.717) is 31.1 Å². The molecular formula is C37H41N3O6S. The summed E-state index contributed by atoms with van der Waals surface area (Å²) < 4.78 is 41.0. The minimum absolute atomic E-state index is 0.0307. The molecule has 4 aromatic carbocycles. The van der Waals surface area contributed by atoms with Gasteiger partial charge in [-0.2, -0.15) is 0 Å². The number of aryl methyl sites for hydroxylation is 1.